The van der Waals surface area contributed by atoms with Crippen molar-refractivity contribution in [3.63, 3.8) is 0 Å². The van der Waals surface area contributed by atoms with Crippen molar-refractivity contribution in [2.75, 3.05) is 13.6 Å². The van der Waals surface area contributed by atoms with Gasteiger partial charge in [-0.1, -0.05) is 11.6 Å². The molecule has 0 radical (unpaired) electrons. The van der Waals surface area contributed by atoms with Gasteiger partial charge < -0.3 is 14.6 Å². The number of fused-ring (bicyclic) bond motifs is 1. The zero-order valence-corrected chi connectivity index (χ0v) is 15.2. The molecule has 1 aliphatic heterocycles. The average Bonchev–Trinajstić information content (AvgIpc) is 3.13. The van der Waals surface area contributed by atoms with E-state index in [4.69, 9.17) is 11.6 Å². The summed E-state index contributed by atoms with van der Waals surface area (Å²) in [7, 11) is 2.18. The van der Waals surface area contributed by atoms with Crippen molar-refractivity contribution in [3.8, 4) is 17.0 Å². The predicted molar refractivity (Wildman–Crippen MR) is 100 cm³/mol. The molecule has 1 unspecified atom stereocenters. The molecule has 0 aliphatic carbocycles. The fraction of sp³-hybridized carbons (Fsp3) is 0.368. The van der Waals surface area contributed by atoms with Crippen LogP contribution in [0, 0.1) is 6.92 Å². The minimum atomic E-state index is 0.130. The molecular weight excluding hydrogens is 336 g/mol. The van der Waals surface area contributed by atoms with Crippen LogP contribution in [0.25, 0.3) is 22.3 Å². The van der Waals surface area contributed by atoms with E-state index in [9.17, 15) is 5.11 Å². The van der Waals surface area contributed by atoms with E-state index < -0.39 is 0 Å². The Kier molecular flexibility index (Phi) is 4.13. The Morgan fingerprint density at radius 1 is 1.28 bits per heavy atom. The molecule has 0 spiro atoms. The van der Waals surface area contributed by atoms with Crippen LogP contribution in [0.5, 0.6) is 5.75 Å². The monoisotopic (exact) mass is 356 g/mol. The van der Waals surface area contributed by atoms with Crippen molar-refractivity contribution >= 4 is 22.6 Å². The molecule has 3 aromatic rings. The van der Waals surface area contributed by atoms with Gasteiger partial charge in [0.05, 0.1) is 5.69 Å². The Balaban J connectivity index is 1.71. The molecule has 2 aromatic heterocycles. The van der Waals surface area contributed by atoms with Gasteiger partial charge in [0.2, 0.25) is 0 Å². The molecule has 5 nitrogen and oxygen atoms in total. The van der Waals surface area contributed by atoms with Gasteiger partial charge in [-0.05, 0) is 63.2 Å². The van der Waals surface area contributed by atoms with Crippen LogP contribution >= 0.6 is 11.6 Å². The lowest BCUT2D eigenvalue weighted by Crippen LogP contribution is -2.29. The van der Waals surface area contributed by atoms with Crippen LogP contribution < -0.4 is 0 Å². The molecule has 25 heavy (non-hydrogen) atoms. The summed E-state index contributed by atoms with van der Waals surface area (Å²) in [4.78, 5) is 2.41. The lowest BCUT2D eigenvalue weighted by Gasteiger charge is -2.20. The van der Waals surface area contributed by atoms with Gasteiger partial charge in [0.15, 0.2) is 5.65 Å². The van der Waals surface area contributed by atoms with E-state index in [-0.39, 0.29) is 5.75 Å². The number of hydrogen-bond acceptors (Lipinski definition) is 4. The molecule has 0 amide bonds. The van der Waals surface area contributed by atoms with Crippen LogP contribution in [0.4, 0.5) is 0 Å². The first-order chi connectivity index (χ1) is 12.0. The molecule has 0 bridgehead atoms. The van der Waals surface area contributed by atoms with Gasteiger partial charge in [-0.3, -0.25) is 0 Å². The predicted octanol–water partition coefficient (Wildman–Crippen LogP) is 3.86. The smallest absolute Gasteiger partial charge is 0.162 e. The minimum absolute atomic E-state index is 0.130. The lowest BCUT2D eigenvalue weighted by molar-refractivity contribution is 0.284. The van der Waals surface area contributed by atoms with Crippen molar-refractivity contribution in [2.24, 2.45) is 0 Å². The molecule has 3 heterocycles. The summed E-state index contributed by atoms with van der Waals surface area (Å²) >= 11 is 6.00. The zero-order valence-electron chi connectivity index (χ0n) is 14.4. The lowest BCUT2D eigenvalue weighted by atomic mass is 10.0. The fourth-order valence-corrected chi connectivity index (χ4v) is 4.02. The molecular formula is C19H21ClN4O. The Morgan fingerprint density at radius 3 is 2.84 bits per heavy atom. The number of hydrogen-bond donors (Lipinski definition) is 1. The number of phenols is 1. The van der Waals surface area contributed by atoms with Crippen LogP contribution in [0.15, 0.2) is 30.5 Å². The quantitative estimate of drug-likeness (QED) is 0.774. The van der Waals surface area contributed by atoms with E-state index in [0.29, 0.717) is 22.3 Å². The van der Waals surface area contributed by atoms with Gasteiger partial charge in [0, 0.05) is 34.8 Å². The summed E-state index contributed by atoms with van der Waals surface area (Å²) in [6, 6.07) is 7.96. The van der Waals surface area contributed by atoms with Crippen LogP contribution in [-0.4, -0.2) is 44.4 Å². The van der Waals surface area contributed by atoms with E-state index in [1.807, 2.05) is 19.1 Å². The summed E-state index contributed by atoms with van der Waals surface area (Å²) in [5.41, 5.74) is 3.11. The summed E-state index contributed by atoms with van der Waals surface area (Å²) in [6.07, 6.45) is 4.55. The van der Waals surface area contributed by atoms with Gasteiger partial charge in [0.1, 0.15) is 5.75 Å². The van der Waals surface area contributed by atoms with Crippen molar-refractivity contribution in [3.05, 3.63) is 41.0 Å². The first-order valence-electron chi connectivity index (χ1n) is 8.55. The van der Waals surface area contributed by atoms with Crippen LogP contribution in [-0.2, 0) is 6.54 Å². The van der Waals surface area contributed by atoms with E-state index in [0.717, 1.165) is 29.7 Å². The van der Waals surface area contributed by atoms with E-state index in [1.165, 1.54) is 18.9 Å². The molecule has 1 atom stereocenters. The van der Waals surface area contributed by atoms with Crippen molar-refractivity contribution < 1.29 is 5.11 Å². The summed E-state index contributed by atoms with van der Waals surface area (Å²) in [6.45, 7) is 4.00. The third kappa shape index (κ3) is 2.98. The first-order valence-corrected chi connectivity index (χ1v) is 8.93. The van der Waals surface area contributed by atoms with Crippen molar-refractivity contribution in [1.29, 1.82) is 0 Å². The molecule has 1 N–H and O–H groups in total. The van der Waals surface area contributed by atoms with Crippen LogP contribution in [0.2, 0.25) is 5.02 Å². The van der Waals surface area contributed by atoms with Crippen molar-refractivity contribution in [1.82, 2.24) is 19.7 Å². The Bertz CT molecular complexity index is 913. The summed E-state index contributed by atoms with van der Waals surface area (Å²) in [5, 5.41) is 20.6. The third-order valence-electron chi connectivity index (χ3n) is 5.12. The maximum atomic E-state index is 10.3. The summed E-state index contributed by atoms with van der Waals surface area (Å²) < 4.78 is 2.17. The molecule has 130 valence electrons. The second-order valence-electron chi connectivity index (χ2n) is 6.87. The summed E-state index contributed by atoms with van der Waals surface area (Å²) in [5.74, 6) is 0.130. The molecule has 6 heteroatoms. The number of nitrogens with zero attached hydrogens (tertiary/aromatic N) is 4. The van der Waals surface area contributed by atoms with Crippen LogP contribution in [0.3, 0.4) is 0 Å². The average molecular weight is 357 g/mol. The van der Waals surface area contributed by atoms with Crippen LogP contribution in [0.1, 0.15) is 18.4 Å². The van der Waals surface area contributed by atoms with Gasteiger partial charge in [-0.2, -0.15) is 0 Å². The highest BCUT2D eigenvalue weighted by molar-refractivity contribution is 6.31. The molecule has 1 fully saturated rings. The highest BCUT2D eigenvalue weighted by Crippen LogP contribution is 2.34. The fourth-order valence-electron chi connectivity index (χ4n) is 3.75. The Morgan fingerprint density at radius 2 is 2.12 bits per heavy atom. The number of aromatic nitrogens is 3. The highest BCUT2D eigenvalue weighted by atomic mass is 35.5. The first kappa shape index (κ1) is 16.4. The highest BCUT2D eigenvalue weighted by Gasteiger charge is 2.22. The number of halogens is 1. The molecule has 1 saturated heterocycles. The number of benzene rings is 1. The standard InChI is InChI=1S/C19H21ClN4O/c1-12-8-14(20)10-17(25)18(12)16-9-13-5-7-24(19(13)22-21-16)11-15-4-3-6-23(15)2/h5,7-10,15,25H,3-4,6,11H2,1-2H3. The largest absolute Gasteiger partial charge is 0.507 e. The maximum Gasteiger partial charge on any atom is 0.162 e. The number of likely N-dealkylation sites (tertiary alicyclic amines) is 1. The number of aryl methyl sites for hydroxylation is 1. The second-order valence-corrected chi connectivity index (χ2v) is 7.31. The number of aromatic hydroxyl groups is 1. The van der Waals surface area contributed by atoms with Crippen molar-refractivity contribution in [2.45, 2.75) is 32.4 Å². The normalized spacial score (nSPS) is 18.3. The number of likely N-dealkylation sites (N-methyl/N-ethyl adjacent to an activating group) is 1. The van der Waals surface area contributed by atoms with Gasteiger partial charge in [-0.25, -0.2) is 0 Å². The van der Waals surface area contributed by atoms with E-state index >= 15 is 0 Å². The maximum absolute atomic E-state index is 10.3. The number of rotatable bonds is 3. The van der Waals surface area contributed by atoms with Gasteiger partial charge in [0.25, 0.3) is 0 Å². The molecule has 1 aromatic carbocycles. The Labute approximate surface area is 151 Å². The van der Waals surface area contributed by atoms with Gasteiger partial charge >= 0.3 is 0 Å². The third-order valence-corrected chi connectivity index (χ3v) is 5.34. The molecule has 1 aliphatic rings. The number of phenolic OH excluding ortho intramolecular Hbond substituents is 1. The second kappa shape index (κ2) is 6.32. The Hall–Kier alpha value is -2.11. The topological polar surface area (TPSA) is 54.2 Å². The van der Waals surface area contributed by atoms with E-state index in [1.54, 1.807) is 0 Å². The van der Waals surface area contributed by atoms with E-state index in [2.05, 4.69) is 39.0 Å². The SMILES string of the molecule is Cc1cc(Cl)cc(O)c1-c1cc2ccn(CC3CCCN3C)c2nn1. The minimum Gasteiger partial charge on any atom is -0.507 e. The van der Waals surface area contributed by atoms with Gasteiger partial charge in [-0.15, -0.1) is 10.2 Å². The molecule has 4 rings (SSSR count). The molecule has 0 saturated carbocycles. The zero-order chi connectivity index (χ0) is 17.6.